The average molecular weight is 404 g/mol. The maximum atomic E-state index is 12.8. The van der Waals surface area contributed by atoms with Crippen molar-refractivity contribution in [2.24, 2.45) is 0 Å². The van der Waals surface area contributed by atoms with E-state index in [4.69, 9.17) is 13.9 Å². The molecule has 1 aliphatic heterocycles. The zero-order valence-corrected chi connectivity index (χ0v) is 16.7. The Morgan fingerprint density at radius 1 is 1.14 bits per heavy atom. The Morgan fingerprint density at radius 2 is 1.93 bits per heavy atom. The number of carbonyl (C=O) groups is 2. The van der Waals surface area contributed by atoms with Gasteiger partial charge in [-0.05, 0) is 55.2 Å². The second-order valence-electron chi connectivity index (χ2n) is 6.42. The van der Waals surface area contributed by atoms with Gasteiger partial charge in [-0.1, -0.05) is 6.07 Å². The smallest absolute Gasteiger partial charge is 0.287 e. The second-order valence-corrected chi connectivity index (χ2v) is 7.40. The minimum absolute atomic E-state index is 0.182. The van der Waals surface area contributed by atoms with Gasteiger partial charge in [0.25, 0.3) is 5.91 Å². The summed E-state index contributed by atoms with van der Waals surface area (Å²) in [6, 6.07) is 7.92. The van der Waals surface area contributed by atoms with Gasteiger partial charge in [0, 0.05) is 0 Å². The molecule has 3 rings (SSSR count). The van der Waals surface area contributed by atoms with Crippen LogP contribution in [0.3, 0.4) is 0 Å². The molecule has 1 aromatic carbocycles. The zero-order valence-electron chi connectivity index (χ0n) is 15.9. The molecular formula is C20H24N2O5S. The number of amides is 2. The average Bonchev–Trinajstić information content (AvgIpc) is 3.25. The van der Waals surface area contributed by atoms with E-state index in [1.165, 1.54) is 6.26 Å². The SMILES string of the molecule is CSCC[C@H](NC(=O)c1ccco1)C(=O)N[C@@H](C)c1ccc2c(c1)OCCO2. The summed E-state index contributed by atoms with van der Waals surface area (Å²) in [6.07, 6.45) is 3.91. The fraction of sp³-hybridized carbons (Fsp3) is 0.400. The third kappa shape index (κ3) is 5.01. The molecular weight excluding hydrogens is 380 g/mol. The number of rotatable bonds is 8. The van der Waals surface area contributed by atoms with Gasteiger partial charge in [0.15, 0.2) is 17.3 Å². The Labute approximate surface area is 168 Å². The quantitative estimate of drug-likeness (QED) is 0.703. The van der Waals surface area contributed by atoms with Crippen molar-refractivity contribution in [2.75, 3.05) is 25.2 Å². The summed E-state index contributed by atoms with van der Waals surface area (Å²) in [5.74, 6) is 1.66. The van der Waals surface area contributed by atoms with E-state index in [-0.39, 0.29) is 17.7 Å². The van der Waals surface area contributed by atoms with Gasteiger partial charge in [0.2, 0.25) is 5.91 Å². The molecule has 2 atom stereocenters. The van der Waals surface area contributed by atoms with Crippen molar-refractivity contribution >= 4 is 23.6 Å². The topological polar surface area (TPSA) is 89.8 Å². The molecule has 0 fully saturated rings. The van der Waals surface area contributed by atoms with Crippen molar-refractivity contribution in [2.45, 2.75) is 25.4 Å². The molecule has 2 amide bonds. The lowest BCUT2D eigenvalue weighted by Crippen LogP contribution is -2.47. The number of ether oxygens (including phenoxy) is 2. The van der Waals surface area contributed by atoms with Gasteiger partial charge in [0.05, 0.1) is 12.3 Å². The highest BCUT2D eigenvalue weighted by Gasteiger charge is 2.24. The normalized spacial score (nSPS) is 14.8. The van der Waals surface area contributed by atoms with E-state index in [2.05, 4.69) is 10.6 Å². The third-order valence-corrected chi connectivity index (χ3v) is 5.05. The highest BCUT2D eigenvalue weighted by atomic mass is 32.2. The summed E-state index contributed by atoms with van der Waals surface area (Å²) < 4.78 is 16.2. The van der Waals surface area contributed by atoms with Gasteiger partial charge in [-0.3, -0.25) is 9.59 Å². The first-order valence-corrected chi connectivity index (χ1v) is 10.5. The van der Waals surface area contributed by atoms with Crippen molar-refractivity contribution < 1.29 is 23.5 Å². The molecule has 1 aromatic heterocycles. The van der Waals surface area contributed by atoms with Crippen molar-refractivity contribution in [3.8, 4) is 11.5 Å². The fourth-order valence-corrected chi connectivity index (χ4v) is 3.34. The van der Waals surface area contributed by atoms with Crippen LogP contribution in [0.5, 0.6) is 11.5 Å². The number of hydrogen-bond acceptors (Lipinski definition) is 6. The molecule has 1 aliphatic rings. The molecule has 2 N–H and O–H groups in total. The van der Waals surface area contributed by atoms with Crippen LogP contribution >= 0.6 is 11.8 Å². The molecule has 8 heteroatoms. The van der Waals surface area contributed by atoms with Crippen molar-refractivity contribution in [3.05, 3.63) is 47.9 Å². The molecule has 0 radical (unpaired) electrons. The molecule has 7 nitrogen and oxygen atoms in total. The largest absolute Gasteiger partial charge is 0.486 e. The standard InChI is InChI=1S/C20H24N2O5S/c1-13(14-5-6-16-18(12-14)27-10-9-26-16)21-19(23)15(7-11-28-2)22-20(24)17-4-3-8-25-17/h3-6,8,12-13,15H,7,9-11H2,1-2H3,(H,21,23)(H,22,24)/t13-,15-/m0/s1. The maximum absolute atomic E-state index is 12.8. The van der Waals surface area contributed by atoms with Crippen LogP contribution in [-0.2, 0) is 4.79 Å². The van der Waals surface area contributed by atoms with E-state index in [1.807, 2.05) is 31.4 Å². The lowest BCUT2D eigenvalue weighted by molar-refractivity contribution is -0.123. The Hall–Kier alpha value is -2.61. The van der Waals surface area contributed by atoms with Crippen LogP contribution in [0.15, 0.2) is 41.0 Å². The minimum Gasteiger partial charge on any atom is -0.486 e. The molecule has 0 bridgehead atoms. The summed E-state index contributed by atoms with van der Waals surface area (Å²) in [5, 5.41) is 5.73. The van der Waals surface area contributed by atoms with E-state index in [1.54, 1.807) is 23.9 Å². The van der Waals surface area contributed by atoms with Crippen LogP contribution in [0.2, 0.25) is 0 Å². The third-order valence-electron chi connectivity index (χ3n) is 4.40. The molecule has 2 aromatic rings. The fourth-order valence-electron chi connectivity index (χ4n) is 2.87. The molecule has 0 unspecified atom stereocenters. The monoisotopic (exact) mass is 404 g/mol. The van der Waals surface area contributed by atoms with Crippen LogP contribution < -0.4 is 20.1 Å². The van der Waals surface area contributed by atoms with Gasteiger partial charge in [0.1, 0.15) is 19.3 Å². The van der Waals surface area contributed by atoms with Crippen LogP contribution in [0.4, 0.5) is 0 Å². The predicted octanol–water partition coefficient (Wildman–Crippen LogP) is 2.78. The highest BCUT2D eigenvalue weighted by Crippen LogP contribution is 2.32. The Bertz CT molecular complexity index is 809. The number of nitrogens with one attached hydrogen (secondary N) is 2. The summed E-state index contributed by atoms with van der Waals surface area (Å²) >= 11 is 1.62. The van der Waals surface area contributed by atoms with E-state index < -0.39 is 11.9 Å². The lowest BCUT2D eigenvalue weighted by Gasteiger charge is -2.23. The molecule has 0 spiro atoms. The van der Waals surface area contributed by atoms with Gasteiger partial charge in [-0.15, -0.1) is 0 Å². The summed E-state index contributed by atoms with van der Waals surface area (Å²) in [5.41, 5.74) is 0.901. The number of fused-ring (bicyclic) bond motifs is 1. The molecule has 28 heavy (non-hydrogen) atoms. The molecule has 150 valence electrons. The zero-order chi connectivity index (χ0) is 19.9. The predicted molar refractivity (Wildman–Crippen MR) is 107 cm³/mol. The van der Waals surface area contributed by atoms with Gasteiger partial charge in [-0.25, -0.2) is 0 Å². The Kier molecular flexibility index (Phi) is 6.86. The summed E-state index contributed by atoms with van der Waals surface area (Å²) in [6.45, 7) is 2.93. The molecule has 0 saturated carbocycles. The lowest BCUT2D eigenvalue weighted by atomic mass is 10.1. The van der Waals surface area contributed by atoms with Crippen LogP contribution in [0, 0.1) is 0 Å². The Morgan fingerprint density at radius 3 is 2.64 bits per heavy atom. The number of carbonyl (C=O) groups excluding carboxylic acids is 2. The number of thioether (sulfide) groups is 1. The van der Waals surface area contributed by atoms with Crippen LogP contribution in [-0.4, -0.2) is 43.1 Å². The second kappa shape index (κ2) is 9.54. The van der Waals surface area contributed by atoms with Gasteiger partial charge >= 0.3 is 0 Å². The van der Waals surface area contributed by atoms with Crippen LogP contribution in [0.1, 0.15) is 35.5 Å². The van der Waals surface area contributed by atoms with Crippen molar-refractivity contribution in [3.63, 3.8) is 0 Å². The summed E-state index contributed by atoms with van der Waals surface area (Å²) in [4.78, 5) is 25.1. The van der Waals surface area contributed by atoms with Crippen molar-refractivity contribution in [1.82, 2.24) is 10.6 Å². The number of benzene rings is 1. The van der Waals surface area contributed by atoms with E-state index in [0.717, 1.165) is 11.3 Å². The van der Waals surface area contributed by atoms with E-state index in [9.17, 15) is 9.59 Å². The first-order valence-electron chi connectivity index (χ1n) is 9.11. The molecule has 2 heterocycles. The first kappa shape index (κ1) is 20.1. The van der Waals surface area contributed by atoms with Crippen molar-refractivity contribution in [1.29, 1.82) is 0 Å². The number of furan rings is 1. The van der Waals surface area contributed by atoms with Gasteiger partial charge < -0.3 is 24.5 Å². The molecule has 0 saturated heterocycles. The first-order chi connectivity index (χ1) is 13.6. The van der Waals surface area contributed by atoms with Gasteiger partial charge in [-0.2, -0.15) is 11.8 Å². The van der Waals surface area contributed by atoms with E-state index >= 15 is 0 Å². The highest BCUT2D eigenvalue weighted by molar-refractivity contribution is 7.98. The van der Waals surface area contributed by atoms with Crippen LogP contribution in [0.25, 0.3) is 0 Å². The summed E-state index contributed by atoms with van der Waals surface area (Å²) in [7, 11) is 0. The van der Waals surface area contributed by atoms with E-state index in [0.29, 0.717) is 31.1 Å². The maximum Gasteiger partial charge on any atom is 0.287 e. The molecule has 0 aliphatic carbocycles. The number of hydrogen-bond donors (Lipinski definition) is 2. The Balaban J connectivity index is 1.65. The minimum atomic E-state index is -0.648.